The van der Waals surface area contributed by atoms with Gasteiger partial charge in [-0.15, -0.1) is 0 Å². The van der Waals surface area contributed by atoms with E-state index in [4.69, 9.17) is 0 Å². The molecule has 3 nitrogen and oxygen atoms in total. The van der Waals surface area contributed by atoms with Crippen molar-refractivity contribution in [3.05, 3.63) is 35.4 Å². The first-order valence-electron chi connectivity index (χ1n) is 5.38. The Hall–Kier alpha value is -1.71. The number of hydrogen-bond donors (Lipinski definition) is 1. The van der Waals surface area contributed by atoms with Crippen LogP contribution in [0.1, 0.15) is 24.7 Å². The summed E-state index contributed by atoms with van der Waals surface area (Å²) in [5, 5.41) is 7.03. The molecule has 0 fully saturated rings. The topological polar surface area (TPSA) is 41.6 Å². The van der Waals surface area contributed by atoms with Crippen LogP contribution in [-0.4, -0.2) is 15.2 Å². The van der Waals surface area contributed by atoms with Crippen LogP contribution < -0.4 is 0 Å². The van der Waals surface area contributed by atoms with Gasteiger partial charge in [0.15, 0.2) is 5.82 Å². The average Bonchev–Trinajstić information content (AvgIpc) is 2.67. The molecular weight excluding hydrogens is 205 g/mol. The van der Waals surface area contributed by atoms with Gasteiger partial charge in [-0.1, -0.05) is 6.92 Å². The third-order valence-corrected chi connectivity index (χ3v) is 2.45. The van der Waals surface area contributed by atoms with Crippen LogP contribution in [0.5, 0.6) is 0 Å². The molecule has 1 aromatic heterocycles. The van der Waals surface area contributed by atoms with Crippen LogP contribution >= 0.6 is 0 Å². The van der Waals surface area contributed by atoms with E-state index in [1.807, 2.05) is 6.92 Å². The lowest BCUT2D eigenvalue weighted by Gasteiger charge is -2.00. The maximum absolute atomic E-state index is 12.9. The number of nitrogens with zero attached hydrogens (tertiary/aromatic N) is 2. The summed E-state index contributed by atoms with van der Waals surface area (Å²) in [5.74, 6) is 1.28. The van der Waals surface area contributed by atoms with E-state index in [0.29, 0.717) is 5.82 Å². The first-order chi connectivity index (χ1) is 7.70. The van der Waals surface area contributed by atoms with Crippen molar-refractivity contribution in [2.24, 2.45) is 0 Å². The van der Waals surface area contributed by atoms with Crippen molar-refractivity contribution in [1.29, 1.82) is 0 Å². The highest BCUT2D eigenvalue weighted by molar-refractivity contribution is 5.59. The number of nitrogens with one attached hydrogen (secondary N) is 1. The fourth-order valence-corrected chi connectivity index (χ4v) is 1.64. The molecule has 2 aromatic rings. The summed E-state index contributed by atoms with van der Waals surface area (Å²) in [4.78, 5) is 4.37. The van der Waals surface area contributed by atoms with Crippen LogP contribution in [0.4, 0.5) is 4.39 Å². The third kappa shape index (κ3) is 2.10. The zero-order chi connectivity index (χ0) is 11.5. The van der Waals surface area contributed by atoms with Crippen LogP contribution in [0.3, 0.4) is 0 Å². The lowest BCUT2D eigenvalue weighted by molar-refractivity contribution is 0.627. The molecule has 16 heavy (non-hydrogen) atoms. The van der Waals surface area contributed by atoms with E-state index in [1.54, 1.807) is 6.07 Å². The highest BCUT2D eigenvalue weighted by atomic mass is 19.1. The van der Waals surface area contributed by atoms with Gasteiger partial charge in [0.1, 0.15) is 11.6 Å². The molecule has 1 aromatic carbocycles. The number of benzene rings is 1. The summed E-state index contributed by atoms with van der Waals surface area (Å²) in [7, 11) is 0. The number of rotatable bonds is 3. The summed E-state index contributed by atoms with van der Waals surface area (Å²) in [6.45, 7) is 3.94. The first kappa shape index (κ1) is 10.8. The zero-order valence-electron chi connectivity index (χ0n) is 9.42. The predicted molar refractivity (Wildman–Crippen MR) is 60.5 cm³/mol. The average molecular weight is 219 g/mol. The van der Waals surface area contributed by atoms with Gasteiger partial charge in [0.25, 0.3) is 0 Å². The van der Waals surface area contributed by atoms with Gasteiger partial charge in [-0.2, -0.15) is 5.10 Å². The quantitative estimate of drug-likeness (QED) is 0.862. The van der Waals surface area contributed by atoms with E-state index in [2.05, 4.69) is 22.1 Å². The van der Waals surface area contributed by atoms with Gasteiger partial charge in [-0.25, -0.2) is 9.37 Å². The largest absolute Gasteiger partial charge is 0.263 e. The third-order valence-electron chi connectivity index (χ3n) is 2.45. The fraction of sp³-hybridized carbons (Fsp3) is 0.333. The Morgan fingerprint density at radius 1 is 1.38 bits per heavy atom. The Kier molecular flexibility index (Phi) is 2.99. The molecule has 0 radical (unpaired) electrons. The smallest absolute Gasteiger partial charge is 0.181 e. The molecule has 1 heterocycles. The molecule has 0 aliphatic rings. The maximum atomic E-state index is 12.9. The van der Waals surface area contributed by atoms with Crippen molar-refractivity contribution in [3.8, 4) is 11.4 Å². The summed E-state index contributed by atoms with van der Waals surface area (Å²) in [6, 6.07) is 4.63. The minimum atomic E-state index is -0.231. The second-order valence-electron chi connectivity index (χ2n) is 3.81. The molecule has 2 rings (SSSR count). The number of aromatic nitrogens is 3. The Labute approximate surface area is 93.7 Å². The normalized spacial score (nSPS) is 10.7. The van der Waals surface area contributed by atoms with E-state index in [-0.39, 0.29) is 5.82 Å². The van der Waals surface area contributed by atoms with Crippen LogP contribution in [0, 0.1) is 12.7 Å². The van der Waals surface area contributed by atoms with Crippen molar-refractivity contribution in [2.75, 3.05) is 0 Å². The van der Waals surface area contributed by atoms with E-state index in [0.717, 1.165) is 29.8 Å². The van der Waals surface area contributed by atoms with Crippen molar-refractivity contribution in [2.45, 2.75) is 26.7 Å². The van der Waals surface area contributed by atoms with Gasteiger partial charge in [-0.3, -0.25) is 5.10 Å². The van der Waals surface area contributed by atoms with Gasteiger partial charge in [-0.05, 0) is 37.1 Å². The van der Waals surface area contributed by atoms with Crippen molar-refractivity contribution < 1.29 is 4.39 Å². The summed E-state index contributed by atoms with van der Waals surface area (Å²) in [6.07, 6.45) is 1.91. The molecule has 0 aliphatic heterocycles. The monoisotopic (exact) mass is 219 g/mol. The minimum Gasteiger partial charge on any atom is -0.263 e. The molecule has 0 saturated carbocycles. The molecule has 4 heteroatoms. The Morgan fingerprint density at radius 2 is 2.19 bits per heavy atom. The van der Waals surface area contributed by atoms with Crippen LogP contribution in [0.25, 0.3) is 11.4 Å². The number of halogens is 1. The second kappa shape index (κ2) is 4.43. The van der Waals surface area contributed by atoms with Crippen molar-refractivity contribution in [1.82, 2.24) is 15.2 Å². The molecular formula is C12H14FN3. The lowest BCUT2D eigenvalue weighted by atomic mass is 10.1. The zero-order valence-corrected chi connectivity index (χ0v) is 9.42. The van der Waals surface area contributed by atoms with Crippen molar-refractivity contribution in [3.63, 3.8) is 0 Å². The van der Waals surface area contributed by atoms with E-state index >= 15 is 0 Å². The number of H-pyrrole nitrogens is 1. The molecule has 0 saturated heterocycles. The lowest BCUT2D eigenvalue weighted by Crippen LogP contribution is -1.88. The molecule has 84 valence electrons. The summed E-state index contributed by atoms with van der Waals surface area (Å²) >= 11 is 0. The molecule has 0 spiro atoms. The van der Waals surface area contributed by atoms with Gasteiger partial charge in [0, 0.05) is 12.0 Å². The van der Waals surface area contributed by atoms with E-state index in [9.17, 15) is 4.39 Å². The maximum Gasteiger partial charge on any atom is 0.181 e. The van der Waals surface area contributed by atoms with Gasteiger partial charge < -0.3 is 0 Å². The molecule has 0 aliphatic carbocycles. The molecule has 0 atom stereocenters. The Balaban J connectivity index is 2.35. The predicted octanol–water partition coefficient (Wildman–Crippen LogP) is 2.87. The summed E-state index contributed by atoms with van der Waals surface area (Å²) < 4.78 is 12.9. The summed E-state index contributed by atoms with van der Waals surface area (Å²) in [5.41, 5.74) is 1.72. The molecule has 0 unspecified atom stereocenters. The fourth-order valence-electron chi connectivity index (χ4n) is 1.64. The second-order valence-corrected chi connectivity index (χ2v) is 3.81. The first-order valence-corrected chi connectivity index (χ1v) is 5.38. The van der Waals surface area contributed by atoms with Gasteiger partial charge in [0.2, 0.25) is 0 Å². The Bertz CT molecular complexity index is 491. The van der Waals surface area contributed by atoms with Gasteiger partial charge >= 0.3 is 0 Å². The van der Waals surface area contributed by atoms with Crippen LogP contribution in [-0.2, 0) is 6.42 Å². The molecule has 0 bridgehead atoms. The van der Waals surface area contributed by atoms with Crippen molar-refractivity contribution >= 4 is 0 Å². The van der Waals surface area contributed by atoms with Crippen LogP contribution in [0.15, 0.2) is 18.2 Å². The minimum absolute atomic E-state index is 0.231. The van der Waals surface area contributed by atoms with Crippen LogP contribution in [0.2, 0.25) is 0 Å². The molecule has 1 N–H and O–H groups in total. The molecule has 0 amide bonds. The SMILES string of the molecule is CCCc1nc(-c2ccc(F)cc2C)n[nH]1. The highest BCUT2D eigenvalue weighted by Gasteiger charge is 2.08. The number of aryl methyl sites for hydroxylation is 2. The van der Waals surface area contributed by atoms with E-state index in [1.165, 1.54) is 12.1 Å². The highest BCUT2D eigenvalue weighted by Crippen LogP contribution is 2.20. The number of hydrogen-bond acceptors (Lipinski definition) is 2. The number of aromatic amines is 1. The van der Waals surface area contributed by atoms with Gasteiger partial charge in [0.05, 0.1) is 0 Å². The van der Waals surface area contributed by atoms with E-state index < -0.39 is 0 Å². The standard InChI is InChI=1S/C12H14FN3/c1-3-4-11-14-12(16-15-11)10-6-5-9(13)7-8(10)2/h5-7H,3-4H2,1-2H3,(H,14,15,16). The Morgan fingerprint density at radius 3 is 2.88 bits per heavy atom.